The first-order valence-electron chi connectivity index (χ1n) is 2.44. The molecule has 0 fully saturated rings. The summed E-state index contributed by atoms with van der Waals surface area (Å²) in [7, 11) is 0. The average molecular weight is 250 g/mol. The average Bonchev–Trinajstić information content (AvgIpc) is 2.24. The van der Waals surface area contributed by atoms with Gasteiger partial charge in [0.1, 0.15) is 11.2 Å². The van der Waals surface area contributed by atoms with E-state index in [1.54, 1.807) is 0 Å². The topological polar surface area (TPSA) is 13.1 Å². The third-order valence-electron chi connectivity index (χ3n) is 1.21. The lowest BCUT2D eigenvalue weighted by molar-refractivity contribution is 0.673. The Morgan fingerprint density at radius 3 is 1.67 bits per heavy atom. The molecule has 0 unspecified atom stereocenters. The maximum absolute atomic E-state index is 5.25. The van der Waals surface area contributed by atoms with Crippen LogP contribution < -0.4 is 0 Å². The molecule has 0 aliphatic rings. The monoisotopic (exact) mass is 248 g/mol. The van der Waals surface area contributed by atoms with Crippen LogP contribution in [0.4, 0.5) is 0 Å². The van der Waals surface area contributed by atoms with Crippen molar-refractivity contribution in [1.82, 2.24) is 0 Å². The second kappa shape index (κ2) is 1.73. The number of hydrogen-bond acceptors (Lipinski definition) is 1. The van der Waals surface area contributed by atoms with Gasteiger partial charge in [-0.2, -0.15) is 0 Å². The van der Waals surface area contributed by atoms with Crippen molar-refractivity contribution in [3.8, 4) is 0 Å². The molecule has 0 spiro atoms. The minimum atomic E-state index is 0.900. The molecule has 2 aromatic heterocycles. The van der Waals surface area contributed by atoms with Gasteiger partial charge in [-0.1, -0.05) is 0 Å². The van der Waals surface area contributed by atoms with Crippen LogP contribution in [0.5, 0.6) is 0 Å². The van der Waals surface area contributed by atoms with E-state index in [9.17, 15) is 0 Å². The Morgan fingerprint density at radius 1 is 1.00 bits per heavy atom. The van der Waals surface area contributed by atoms with Crippen molar-refractivity contribution in [2.24, 2.45) is 0 Å². The van der Waals surface area contributed by atoms with E-state index >= 15 is 0 Å². The Morgan fingerprint density at radius 2 is 1.44 bits per heavy atom. The molecule has 0 saturated heterocycles. The Hall–Kier alpha value is -0.0200. The second-order valence-corrected chi connectivity index (χ2v) is 3.52. The number of halogens is 2. The molecule has 1 nitrogen and oxygen atoms in total. The Labute approximate surface area is 68.6 Å². The van der Waals surface area contributed by atoms with Crippen LogP contribution in [0, 0.1) is 0 Å². The minimum absolute atomic E-state index is 0.900. The summed E-state index contributed by atoms with van der Waals surface area (Å²) in [6, 6.07) is 3.89. The zero-order valence-corrected chi connectivity index (χ0v) is 7.49. The number of hydrogen-bond donors (Lipinski definition) is 0. The van der Waals surface area contributed by atoms with Crippen LogP contribution in [-0.4, -0.2) is 0 Å². The van der Waals surface area contributed by atoms with Crippen LogP contribution in [-0.2, 0) is 0 Å². The predicted molar refractivity (Wildman–Crippen MR) is 42.8 cm³/mol. The zero-order chi connectivity index (χ0) is 6.43. The molecule has 46 valence electrons. The minimum Gasteiger partial charge on any atom is -0.455 e. The summed E-state index contributed by atoms with van der Waals surface area (Å²) in [5.41, 5.74) is 1.80. The fourth-order valence-electron chi connectivity index (χ4n) is 0.785. The molecule has 2 heterocycles. The van der Waals surface area contributed by atoms with Gasteiger partial charge in [0.25, 0.3) is 0 Å². The van der Waals surface area contributed by atoms with Gasteiger partial charge in [-0.25, -0.2) is 0 Å². The third kappa shape index (κ3) is 0.715. The summed E-state index contributed by atoms with van der Waals surface area (Å²) < 4.78 is 7.31. The van der Waals surface area contributed by atoms with E-state index in [0.29, 0.717) is 0 Å². The molecule has 0 N–H and O–H groups in total. The highest BCUT2D eigenvalue weighted by atomic mass is 79.9. The van der Waals surface area contributed by atoms with E-state index in [2.05, 4.69) is 31.9 Å². The van der Waals surface area contributed by atoms with Gasteiger partial charge in [-0.3, -0.25) is 0 Å². The van der Waals surface area contributed by atoms with E-state index < -0.39 is 0 Å². The number of benzene rings is 1. The van der Waals surface area contributed by atoms with Gasteiger partial charge in [-0.15, -0.1) is 0 Å². The first kappa shape index (κ1) is 5.74. The lowest BCUT2D eigenvalue weighted by atomic mass is 10.4. The largest absolute Gasteiger partial charge is 0.455 e. The van der Waals surface area contributed by atoms with Gasteiger partial charge in [0.05, 0.1) is 8.95 Å². The van der Waals surface area contributed by atoms with E-state index in [0.717, 1.165) is 20.1 Å². The van der Waals surface area contributed by atoms with Crippen molar-refractivity contribution < 1.29 is 4.42 Å². The summed E-state index contributed by atoms with van der Waals surface area (Å²) in [6.07, 6.45) is 0. The van der Waals surface area contributed by atoms with Gasteiger partial charge >= 0.3 is 0 Å². The van der Waals surface area contributed by atoms with Crippen LogP contribution in [0.2, 0.25) is 0 Å². The standard InChI is InChI=1S/C6H2Br2O/c7-3-1-5-4(8)2-6(3)9-5/h1-2H. The lowest BCUT2D eigenvalue weighted by Gasteiger charge is -1.79. The summed E-state index contributed by atoms with van der Waals surface area (Å²) in [4.78, 5) is 0. The van der Waals surface area contributed by atoms with E-state index in [1.807, 2.05) is 12.1 Å². The van der Waals surface area contributed by atoms with Crippen LogP contribution in [0.1, 0.15) is 0 Å². The molecule has 0 aromatic carbocycles. The third-order valence-corrected chi connectivity index (χ3v) is 2.45. The molecule has 2 aromatic rings. The number of fused-ring (bicyclic) bond motifs is 2. The Bertz CT molecular complexity index is 294. The highest BCUT2D eigenvalue weighted by Gasteiger charge is 2.07. The van der Waals surface area contributed by atoms with Gasteiger partial charge in [0, 0.05) is 0 Å². The highest BCUT2D eigenvalue weighted by Crippen LogP contribution is 2.33. The number of rotatable bonds is 0. The van der Waals surface area contributed by atoms with Crippen molar-refractivity contribution in [1.29, 1.82) is 0 Å². The molecule has 9 heavy (non-hydrogen) atoms. The molecule has 0 aliphatic heterocycles. The van der Waals surface area contributed by atoms with Crippen molar-refractivity contribution >= 4 is 43.0 Å². The van der Waals surface area contributed by atoms with Crippen LogP contribution in [0.25, 0.3) is 11.2 Å². The van der Waals surface area contributed by atoms with Crippen LogP contribution in [0.3, 0.4) is 0 Å². The van der Waals surface area contributed by atoms with E-state index in [4.69, 9.17) is 4.42 Å². The van der Waals surface area contributed by atoms with Gasteiger partial charge in [0.2, 0.25) is 0 Å². The van der Waals surface area contributed by atoms with Gasteiger partial charge in [0.15, 0.2) is 0 Å². The fraction of sp³-hybridized carbons (Fsp3) is 0. The molecule has 2 rings (SSSR count). The van der Waals surface area contributed by atoms with Crippen molar-refractivity contribution in [3.05, 3.63) is 21.1 Å². The zero-order valence-electron chi connectivity index (χ0n) is 4.32. The first-order chi connectivity index (χ1) is 4.27. The summed E-state index contributed by atoms with van der Waals surface area (Å²) >= 11 is 6.67. The molecule has 0 aliphatic carbocycles. The molecule has 0 amide bonds. The molecule has 0 radical (unpaired) electrons. The summed E-state index contributed by atoms with van der Waals surface area (Å²) in [6.45, 7) is 0. The Kier molecular flexibility index (Phi) is 1.11. The maximum Gasteiger partial charge on any atom is 0.143 e. The van der Waals surface area contributed by atoms with Crippen LogP contribution in [0.15, 0.2) is 25.5 Å². The van der Waals surface area contributed by atoms with Crippen molar-refractivity contribution in [2.75, 3.05) is 0 Å². The second-order valence-electron chi connectivity index (χ2n) is 1.82. The predicted octanol–water partition coefficient (Wildman–Crippen LogP) is 3.40. The molecular weight excluding hydrogens is 248 g/mol. The number of furan rings is 2. The quantitative estimate of drug-likeness (QED) is 0.698. The Balaban J connectivity index is 2.93. The highest BCUT2D eigenvalue weighted by molar-refractivity contribution is 9.11. The molecule has 0 atom stereocenters. The normalized spacial score (nSPS) is 11.3. The fourth-order valence-corrected chi connectivity index (χ4v) is 1.59. The maximum atomic E-state index is 5.25. The molecular formula is C6H2Br2O. The van der Waals surface area contributed by atoms with E-state index in [1.165, 1.54) is 0 Å². The first-order valence-corrected chi connectivity index (χ1v) is 4.03. The SMILES string of the molecule is Brc1cc2oc1cc2Br. The summed E-state index contributed by atoms with van der Waals surface area (Å²) in [5, 5.41) is 0. The van der Waals surface area contributed by atoms with Gasteiger partial charge < -0.3 is 4.42 Å². The smallest absolute Gasteiger partial charge is 0.143 e. The van der Waals surface area contributed by atoms with Crippen molar-refractivity contribution in [2.45, 2.75) is 0 Å². The van der Waals surface area contributed by atoms with Gasteiger partial charge in [-0.05, 0) is 44.0 Å². The van der Waals surface area contributed by atoms with E-state index in [-0.39, 0.29) is 0 Å². The summed E-state index contributed by atoms with van der Waals surface area (Å²) in [5.74, 6) is 0. The van der Waals surface area contributed by atoms with Crippen molar-refractivity contribution in [3.63, 3.8) is 0 Å². The van der Waals surface area contributed by atoms with Crippen LogP contribution >= 0.6 is 31.9 Å². The molecule has 3 heteroatoms. The molecule has 2 bridgehead atoms. The lowest BCUT2D eigenvalue weighted by Crippen LogP contribution is -1.57. The molecule has 0 saturated carbocycles.